The van der Waals surface area contributed by atoms with Crippen LogP contribution in [0.3, 0.4) is 0 Å². The number of morpholine rings is 1. The van der Waals surface area contributed by atoms with Crippen LogP contribution in [0.5, 0.6) is 11.5 Å². The first-order chi connectivity index (χ1) is 11.6. The molecular weight excluding hydrogens is 304 g/mol. The van der Waals surface area contributed by atoms with Gasteiger partial charge in [0.15, 0.2) is 11.5 Å². The number of benzene rings is 1. The lowest BCUT2D eigenvalue weighted by molar-refractivity contribution is -0.0681. The molecule has 1 fully saturated rings. The predicted molar refractivity (Wildman–Crippen MR) is 96.9 cm³/mol. The fourth-order valence-electron chi connectivity index (χ4n) is 3.37. The second kappa shape index (κ2) is 9.87. The summed E-state index contributed by atoms with van der Waals surface area (Å²) in [4.78, 5) is 2.52. The van der Waals surface area contributed by atoms with Crippen LogP contribution in [-0.4, -0.2) is 57.5 Å². The van der Waals surface area contributed by atoms with E-state index in [1.165, 1.54) is 12.8 Å². The van der Waals surface area contributed by atoms with Crippen LogP contribution in [0.25, 0.3) is 0 Å². The normalized spacial score (nSPS) is 21.7. The zero-order valence-corrected chi connectivity index (χ0v) is 15.5. The van der Waals surface area contributed by atoms with Gasteiger partial charge < -0.3 is 19.5 Å². The van der Waals surface area contributed by atoms with Crippen LogP contribution in [0.4, 0.5) is 0 Å². The summed E-state index contributed by atoms with van der Waals surface area (Å²) in [5, 5.41) is 3.50. The van der Waals surface area contributed by atoms with E-state index in [2.05, 4.69) is 30.1 Å². The van der Waals surface area contributed by atoms with Gasteiger partial charge in [-0.2, -0.15) is 0 Å². The zero-order valence-electron chi connectivity index (χ0n) is 15.5. The van der Waals surface area contributed by atoms with E-state index in [-0.39, 0.29) is 0 Å². The van der Waals surface area contributed by atoms with Crippen molar-refractivity contribution in [3.05, 3.63) is 23.8 Å². The molecule has 5 nitrogen and oxygen atoms in total. The Bertz CT molecular complexity index is 486. The number of unbranched alkanes of at least 4 members (excludes halogenated alkanes) is 1. The molecule has 5 heteroatoms. The number of rotatable bonds is 9. The first-order valence-corrected chi connectivity index (χ1v) is 8.92. The molecule has 1 aromatic rings. The van der Waals surface area contributed by atoms with Crippen molar-refractivity contribution >= 4 is 0 Å². The molecule has 0 spiro atoms. The minimum absolute atomic E-state index is 0.354. The van der Waals surface area contributed by atoms with Crippen LogP contribution in [0.2, 0.25) is 0 Å². The van der Waals surface area contributed by atoms with E-state index in [9.17, 15) is 0 Å². The zero-order chi connectivity index (χ0) is 17.4. The number of nitrogens with zero attached hydrogens (tertiary/aromatic N) is 1. The Kier molecular flexibility index (Phi) is 7.82. The Morgan fingerprint density at radius 1 is 1.12 bits per heavy atom. The largest absolute Gasteiger partial charge is 0.493 e. The number of hydrogen-bond acceptors (Lipinski definition) is 5. The van der Waals surface area contributed by atoms with Crippen LogP contribution >= 0.6 is 0 Å². The van der Waals surface area contributed by atoms with E-state index in [0.29, 0.717) is 12.2 Å². The van der Waals surface area contributed by atoms with Crippen molar-refractivity contribution in [1.82, 2.24) is 10.2 Å². The summed E-state index contributed by atoms with van der Waals surface area (Å²) in [5.74, 6) is 1.61. The Hall–Kier alpha value is -1.30. The standard InChI is InChI=1S/C19H32N2O3/c1-15-13-21(14-16(2)24-15)11-6-5-10-20-12-17-8-7-9-18(22-3)19(17)23-4/h7-9,15-16,20H,5-6,10-14H2,1-4H3. The fraction of sp³-hybridized carbons (Fsp3) is 0.684. The highest BCUT2D eigenvalue weighted by Gasteiger charge is 2.21. The lowest BCUT2D eigenvalue weighted by Gasteiger charge is -2.35. The number of nitrogens with one attached hydrogen (secondary N) is 1. The smallest absolute Gasteiger partial charge is 0.165 e. The summed E-state index contributed by atoms with van der Waals surface area (Å²) in [6.45, 7) is 9.39. The lowest BCUT2D eigenvalue weighted by Crippen LogP contribution is -2.45. The third-order valence-corrected chi connectivity index (χ3v) is 4.37. The van der Waals surface area contributed by atoms with Crippen molar-refractivity contribution < 1.29 is 14.2 Å². The fourth-order valence-corrected chi connectivity index (χ4v) is 3.37. The molecule has 1 N–H and O–H groups in total. The van der Waals surface area contributed by atoms with E-state index in [1.807, 2.05) is 12.1 Å². The summed E-state index contributed by atoms with van der Waals surface area (Å²) in [7, 11) is 3.36. The molecule has 1 aliphatic rings. The van der Waals surface area contributed by atoms with Crippen molar-refractivity contribution in [2.45, 2.75) is 45.4 Å². The molecule has 0 aliphatic carbocycles. The molecule has 24 heavy (non-hydrogen) atoms. The van der Waals surface area contributed by atoms with Gasteiger partial charge in [0, 0.05) is 25.2 Å². The maximum atomic E-state index is 5.77. The van der Waals surface area contributed by atoms with Gasteiger partial charge in [-0.05, 0) is 45.8 Å². The Labute approximate surface area is 146 Å². The van der Waals surface area contributed by atoms with Gasteiger partial charge in [0.05, 0.1) is 26.4 Å². The van der Waals surface area contributed by atoms with Gasteiger partial charge in [0.25, 0.3) is 0 Å². The molecule has 2 atom stereocenters. The SMILES string of the molecule is COc1cccc(CNCCCCN2CC(C)OC(C)C2)c1OC. The van der Waals surface area contributed by atoms with Crippen LogP contribution in [0.15, 0.2) is 18.2 Å². The number of methoxy groups -OCH3 is 2. The first-order valence-electron chi connectivity index (χ1n) is 8.92. The molecule has 0 radical (unpaired) electrons. The molecule has 1 aromatic carbocycles. The van der Waals surface area contributed by atoms with Gasteiger partial charge in [-0.3, -0.25) is 4.90 Å². The third kappa shape index (κ3) is 5.65. The maximum absolute atomic E-state index is 5.77. The maximum Gasteiger partial charge on any atom is 0.165 e. The topological polar surface area (TPSA) is 43.0 Å². The molecule has 136 valence electrons. The molecule has 1 saturated heterocycles. The van der Waals surface area contributed by atoms with E-state index >= 15 is 0 Å². The summed E-state index contributed by atoms with van der Waals surface area (Å²) in [5.41, 5.74) is 1.13. The molecule has 0 amide bonds. The molecule has 0 aromatic heterocycles. The van der Waals surface area contributed by atoms with E-state index in [4.69, 9.17) is 14.2 Å². The Morgan fingerprint density at radius 3 is 2.54 bits per heavy atom. The minimum atomic E-state index is 0.354. The molecule has 2 rings (SSSR count). The van der Waals surface area contributed by atoms with Crippen molar-refractivity contribution in [2.24, 2.45) is 0 Å². The summed E-state index contributed by atoms with van der Waals surface area (Å²) >= 11 is 0. The van der Waals surface area contributed by atoms with Crippen LogP contribution < -0.4 is 14.8 Å². The molecule has 1 heterocycles. The monoisotopic (exact) mass is 336 g/mol. The molecule has 0 saturated carbocycles. The van der Waals surface area contributed by atoms with Gasteiger partial charge in [-0.1, -0.05) is 12.1 Å². The second-order valence-electron chi connectivity index (χ2n) is 6.55. The second-order valence-corrected chi connectivity index (χ2v) is 6.55. The molecular formula is C19H32N2O3. The average molecular weight is 336 g/mol. The van der Waals surface area contributed by atoms with Crippen molar-refractivity contribution in [3.63, 3.8) is 0 Å². The van der Waals surface area contributed by atoms with Crippen molar-refractivity contribution in [1.29, 1.82) is 0 Å². The average Bonchev–Trinajstić information content (AvgIpc) is 2.56. The van der Waals surface area contributed by atoms with Gasteiger partial charge in [-0.25, -0.2) is 0 Å². The van der Waals surface area contributed by atoms with E-state index in [0.717, 1.165) is 49.8 Å². The highest BCUT2D eigenvalue weighted by Crippen LogP contribution is 2.30. The van der Waals surface area contributed by atoms with Crippen LogP contribution in [0.1, 0.15) is 32.3 Å². The van der Waals surface area contributed by atoms with Crippen molar-refractivity contribution in [2.75, 3.05) is 40.4 Å². The lowest BCUT2D eigenvalue weighted by atomic mass is 10.1. The Balaban J connectivity index is 1.65. The van der Waals surface area contributed by atoms with Crippen LogP contribution in [-0.2, 0) is 11.3 Å². The summed E-state index contributed by atoms with van der Waals surface area (Å²) in [6.07, 6.45) is 3.09. The number of para-hydroxylation sites is 1. The molecule has 2 unspecified atom stereocenters. The summed E-state index contributed by atoms with van der Waals surface area (Å²) in [6, 6.07) is 6.00. The highest BCUT2D eigenvalue weighted by atomic mass is 16.5. The first kappa shape index (κ1) is 19.0. The molecule has 1 aliphatic heterocycles. The predicted octanol–water partition coefficient (Wildman–Crippen LogP) is 2.68. The van der Waals surface area contributed by atoms with Gasteiger partial charge in [0.2, 0.25) is 0 Å². The van der Waals surface area contributed by atoms with E-state index < -0.39 is 0 Å². The van der Waals surface area contributed by atoms with Crippen molar-refractivity contribution in [3.8, 4) is 11.5 Å². The minimum Gasteiger partial charge on any atom is -0.493 e. The van der Waals surface area contributed by atoms with Crippen LogP contribution in [0, 0.1) is 0 Å². The van der Waals surface area contributed by atoms with Gasteiger partial charge in [0.1, 0.15) is 0 Å². The Morgan fingerprint density at radius 2 is 1.88 bits per heavy atom. The van der Waals surface area contributed by atoms with Gasteiger partial charge >= 0.3 is 0 Å². The third-order valence-electron chi connectivity index (χ3n) is 4.37. The van der Waals surface area contributed by atoms with Gasteiger partial charge in [-0.15, -0.1) is 0 Å². The summed E-state index contributed by atoms with van der Waals surface area (Å²) < 4.78 is 16.6. The quantitative estimate of drug-likeness (QED) is 0.702. The molecule has 0 bridgehead atoms. The van der Waals surface area contributed by atoms with E-state index in [1.54, 1.807) is 14.2 Å². The highest BCUT2D eigenvalue weighted by molar-refractivity contribution is 5.46. The number of hydrogen-bond donors (Lipinski definition) is 1. The number of ether oxygens (including phenoxy) is 3.